The van der Waals surface area contributed by atoms with E-state index in [4.69, 9.17) is 0 Å². The normalized spacial score (nSPS) is 21.0. The van der Waals surface area contributed by atoms with Crippen LogP contribution in [-0.2, 0) is 14.8 Å². The van der Waals surface area contributed by atoms with Crippen molar-refractivity contribution in [2.24, 2.45) is 0 Å². The number of rotatable bonds is 6. The number of hydrogen-bond donors (Lipinski definition) is 2. The highest BCUT2D eigenvalue weighted by atomic mass is 32.2. The second-order valence-corrected chi connectivity index (χ2v) is 11.2. The van der Waals surface area contributed by atoms with Crippen LogP contribution in [0.1, 0.15) is 17.9 Å². The van der Waals surface area contributed by atoms with Crippen LogP contribution in [0.3, 0.4) is 0 Å². The van der Waals surface area contributed by atoms with Gasteiger partial charge in [-0.05, 0) is 30.2 Å². The summed E-state index contributed by atoms with van der Waals surface area (Å²) < 4.78 is 29.9. The fourth-order valence-corrected chi connectivity index (χ4v) is 7.59. The van der Waals surface area contributed by atoms with Crippen LogP contribution >= 0.6 is 22.7 Å². The Balaban J connectivity index is 1.45. The lowest BCUT2D eigenvalue weighted by Crippen LogP contribution is -2.44. The second-order valence-electron chi connectivity index (χ2n) is 7.31. The van der Waals surface area contributed by atoms with Gasteiger partial charge in [0, 0.05) is 31.8 Å². The van der Waals surface area contributed by atoms with Gasteiger partial charge in [-0.1, -0.05) is 48.5 Å². The topological polar surface area (TPSA) is 83.5 Å². The van der Waals surface area contributed by atoms with E-state index in [2.05, 4.69) is 4.72 Å². The SMILES string of the molecule is O=C(O)[C@]1(NS(=O)(=O)c2ccc(-c3csc4ccccc34)s2)C[C@@H]1c1ccccc1. The summed E-state index contributed by atoms with van der Waals surface area (Å²) in [6, 6.07) is 20.5. The van der Waals surface area contributed by atoms with Gasteiger partial charge < -0.3 is 5.11 Å². The number of carbonyl (C=O) groups is 1. The molecule has 2 heterocycles. The van der Waals surface area contributed by atoms with Crippen molar-refractivity contribution in [1.29, 1.82) is 0 Å². The number of fused-ring (bicyclic) bond motifs is 1. The number of sulfonamides is 1. The fraction of sp³-hybridized carbons (Fsp3) is 0.136. The Morgan fingerprint density at radius 1 is 1.03 bits per heavy atom. The summed E-state index contributed by atoms with van der Waals surface area (Å²) in [6.45, 7) is 0. The van der Waals surface area contributed by atoms with Crippen LogP contribution in [0, 0.1) is 0 Å². The number of benzene rings is 2. The van der Waals surface area contributed by atoms with E-state index >= 15 is 0 Å². The first-order valence-corrected chi connectivity index (χ1v) is 12.5. The van der Waals surface area contributed by atoms with Gasteiger partial charge in [0.15, 0.2) is 0 Å². The summed E-state index contributed by atoms with van der Waals surface area (Å²) in [7, 11) is -3.97. The zero-order chi connectivity index (χ0) is 20.9. The second kappa shape index (κ2) is 7.02. The van der Waals surface area contributed by atoms with Gasteiger partial charge in [0.05, 0.1) is 0 Å². The van der Waals surface area contributed by atoms with E-state index < -0.39 is 21.5 Å². The molecule has 4 aromatic rings. The van der Waals surface area contributed by atoms with Crippen LogP contribution in [0.4, 0.5) is 0 Å². The lowest BCUT2D eigenvalue weighted by Gasteiger charge is -2.14. The number of hydrogen-bond acceptors (Lipinski definition) is 5. The Morgan fingerprint density at radius 2 is 1.77 bits per heavy atom. The predicted molar refractivity (Wildman–Crippen MR) is 120 cm³/mol. The first-order chi connectivity index (χ1) is 14.4. The average molecular weight is 456 g/mol. The molecule has 1 aliphatic rings. The molecule has 0 radical (unpaired) electrons. The molecule has 2 N–H and O–H groups in total. The highest BCUT2D eigenvalue weighted by Crippen LogP contribution is 2.52. The molecule has 5 nitrogen and oxygen atoms in total. The smallest absolute Gasteiger partial charge is 0.325 e. The van der Waals surface area contributed by atoms with Crippen LogP contribution in [0.2, 0.25) is 0 Å². The van der Waals surface area contributed by atoms with Crippen molar-refractivity contribution in [1.82, 2.24) is 4.72 Å². The van der Waals surface area contributed by atoms with Gasteiger partial charge in [-0.3, -0.25) is 4.79 Å². The lowest BCUT2D eigenvalue weighted by atomic mass is 10.1. The Kier molecular flexibility index (Phi) is 4.55. The Morgan fingerprint density at radius 3 is 2.53 bits per heavy atom. The maximum Gasteiger partial charge on any atom is 0.325 e. The minimum Gasteiger partial charge on any atom is -0.480 e. The number of aliphatic carboxylic acids is 1. The molecule has 1 aliphatic carbocycles. The van der Waals surface area contributed by atoms with Crippen LogP contribution in [-0.4, -0.2) is 25.0 Å². The first-order valence-electron chi connectivity index (χ1n) is 9.29. The molecule has 0 spiro atoms. The Bertz CT molecular complexity index is 1360. The first kappa shape index (κ1) is 19.4. The number of carboxylic acids is 1. The van der Waals surface area contributed by atoms with Crippen molar-refractivity contribution < 1.29 is 18.3 Å². The van der Waals surface area contributed by atoms with Crippen LogP contribution in [0.15, 0.2) is 76.3 Å². The number of thiophene rings is 2. The Hall–Kier alpha value is -2.52. The lowest BCUT2D eigenvalue weighted by molar-refractivity contribution is -0.140. The van der Waals surface area contributed by atoms with Crippen molar-refractivity contribution in [2.75, 3.05) is 0 Å². The van der Waals surface area contributed by atoms with Gasteiger partial charge in [0.25, 0.3) is 10.0 Å². The average Bonchev–Trinajstić information content (AvgIpc) is 3.07. The van der Waals surface area contributed by atoms with Crippen molar-refractivity contribution in [3.05, 3.63) is 77.7 Å². The fourth-order valence-electron chi connectivity index (χ4n) is 3.81. The molecule has 0 aliphatic heterocycles. The maximum atomic E-state index is 13.1. The molecule has 5 rings (SSSR count). The molecule has 8 heteroatoms. The number of nitrogens with one attached hydrogen (secondary N) is 1. The van der Waals surface area contributed by atoms with Gasteiger partial charge in [0.2, 0.25) is 0 Å². The van der Waals surface area contributed by atoms with Crippen LogP contribution < -0.4 is 4.72 Å². The van der Waals surface area contributed by atoms with Gasteiger partial charge in [-0.25, -0.2) is 8.42 Å². The molecule has 0 unspecified atom stereocenters. The summed E-state index contributed by atoms with van der Waals surface area (Å²) in [5, 5.41) is 12.9. The quantitative estimate of drug-likeness (QED) is 0.432. The van der Waals surface area contributed by atoms with Gasteiger partial charge >= 0.3 is 5.97 Å². The molecular formula is C22H17NO4S3. The molecule has 30 heavy (non-hydrogen) atoms. The van der Waals surface area contributed by atoms with E-state index in [9.17, 15) is 18.3 Å². The molecule has 0 amide bonds. The summed E-state index contributed by atoms with van der Waals surface area (Å²) in [5.74, 6) is -1.54. The molecule has 152 valence electrons. The van der Waals surface area contributed by atoms with Crippen molar-refractivity contribution in [2.45, 2.75) is 22.1 Å². The van der Waals surface area contributed by atoms with Gasteiger partial charge in [-0.2, -0.15) is 4.72 Å². The van der Waals surface area contributed by atoms with E-state index in [1.807, 2.05) is 60.0 Å². The van der Waals surface area contributed by atoms with Crippen molar-refractivity contribution >= 4 is 48.8 Å². The zero-order valence-corrected chi connectivity index (χ0v) is 18.1. The van der Waals surface area contributed by atoms with E-state index in [1.54, 1.807) is 23.5 Å². The predicted octanol–water partition coefficient (Wildman–Crippen LogP) is 4.92. The van der Waals surface area contributed by atoms with Crippen molar-refractivity contribution in [3.63, 3.8) is 0 Å². The van der Waals surface area contributed by atoms with E-state index in [0.717, 1.165) is 37.4 Å². The summed E-state index contributed by atoms with van der Waals surface area (Å²) in [4.78, 5) is 12.8. The maximum absolute atomic E-state index is 13.1. The standard InChI is InChI=1S/C22H17NO4S3/c24-21(25)22(12-17(22)14-6-2-1-3-7-14)23-30(26,27)20-11-10-19(29-20)16-13-28-18-9-5-4-8-15(16)18/h1-11,13,17,23H,12H2,(H,24,25)/t17-,22+/m1/s1. The summed E-state index contributed by atoms with van der Waals surface area (Å²) >= 11 is 2.76. The molecule has 2 atom stereocenters. The van der Waals surface area contributed by atoms with E-state index in [-0.39, 0.29) is 16.5 Å². The highest BCUT2D eigenvalue weighted by molar-refractivity contribution is 7.91. The van der Waals surface area contributed by atoms with E-state index in [0.29, 0.717) is 0 Å². The molecule has 1 fully saturated rings. The summed E-state index contributed by atoms with van der Waals surface area (Å²) in [6.07, 6.45) is 0.235. The third-order valence-corrected chi connectivity index (χ3v) is 9.54. The van der Waals surface area contributed by atoms with Crippen LogP contribution in [0.5, 0.6) is 0 Å². The minimum atomic E-state index is -3.97. The monoisotopic (exact) mass is 455 g/mol. The van der Waals surface area contributed by atoms with Gasteiger partial charge in [0.1, 0.15) is 9.75 Å². The third-order valence-electron chi connectivity index (χ3n) is 5.45. The van der Waals surface area contributed by atoms with Crippen molar-refractivity contribution in [3.8, 4) is 10.4 Å². The summed E-state index contributed by atoms with van der Waals surface area (Å²) in [5.41, 5.74) is 0.308. The third kappa shape index (κ3) is 3.16. The molecule has 2 aromatic heterocycles. The van der Waals surface area contributed by atoms with Gasteiger partial charge in [-0.15, -0.1) is 22.7 Å². The molecular weight excluding hydrogens is 438 g/mol. The van der Waals surface area contributed by atoms with Crippen LogP contribution in [0.25, 0.3) is 20.5 Å². The zero-order valence-electron chi connectivity index (χ0n) is 15.6. The molecule has 1 saturated carbocycles. The van der Waals surface area contributed by atoms with E-state index in [1.165, 1.54) is 0 Å². The number of carboxylic acid groups (broad SMARTS) is 1. The molecule has 0 saturated heterocycles. The Labute approximate surface area is 181 Å². The highest BCUT2D eigenvalue weighted by Gasteiger charge is 2.63. The molecule has 2 aromatic carbocycles. The minimum absolute atomic E-state index is 0.118. The largest absolute Gasteiger partial charge is 0.480 e. The molecule has 0 bridgehead atoms.